The van der Waals surface area contributed by atoms with E-state index in [4.69, 9.17) is 4.74 Å². The summed E-state index contributed by atoms with van der Waals surface area (Å²) in [5, 5.41) is 6.16. The Morgan fingerprint density at radius 2 is 1.63 bits per heavy atom. The van der Waals surface area contributed by atoms with Gasteiger partial charge in [-0.2, -0.15) is 0 Å². The molecule has 1 aliphatic rings. The number of methoxy groups -OCH3 is 1. The smallest absolute Gasteiger partial charge is 0.238 e. The number of nitrogens with zero attached hydrogens (tertiary/aromatic N) is 5. The van der Waals surface area contributed by atoms with Gasteiger partial charge in [0, 0.05) is 62.1 Å². The Balaban J connectivity index is 1.32. The first kappa shape index (κ1) is 27.0. The molecule has 2 N–H and O–H groups in total. The summed E-state index contributed by atoms with van der Waals surface area (Å²) in [6, 6.07) is 17.6. The molecule has 2 heterocycles. The van der Waals surface area contributed by atoms with Crippen LogP contribution in [-0.4, -0.2) is 92.1 Å². The second kappa shape index (κ2) is 13.0. The SMILES string of the molecule is COCCC(=O)N1CCN(c2ccc(Nc3nccc(-c4ccc(NC(=O)CN(C)C)cc4)n3)cc2)CC1. The van der Waals surface area contributed by atoms with Gasteiger partial charge in [0.05, 0.1) is 25.3 Å². The predicted molar refractivity (Wildman–Crippen MR) is 150 cm³/mol. The molecule has 0 saturated carbocycles. The Kier molecular flexibility index (Phi) is 9.23. The lowest BCUT2D eigenvalue weighted by Gasteiger charge is -2.36. The Morgan fingerprint density at radius 1 is 0.947 bits per heavy atom. The highest BCUT2D eigenvalue weighted by molar-refractivity contribution is 5.92. The van der Waals surface area contributed by atoms with Gasteiger partial charge in [-0.25, -0.2) is 9.97 Å². The number of carbonyl (C=O) groups is 2. The van der Waals surface area contributed by atoms with Crippen molar-refractivity contribution in [2.45, 2.75) is 6.42 Å². The number of nitrogens with one attached hydrogen (secondary N) is 2. The molecule has 4 rings (SSSR count). The van der Waals surface area contributed by atoms with Crippen LogP contribution in [0.15, 0.2) is 60.8 Å². The second-order valence-electron chi connectivity index (χ2n) is 9.41. The van der Waals surface area contributed by atoms with Gasteiger partial charge < -0.3 is 30.1 Å². The number of likely N-dealkylation sites (N-methyl/N-ethyl adjacent to an activating group) is 1. The lowest BCUT2D eigenvalue weighted by molar-refractivity contribution is -0.132. The summed E-state index contributed by atoms with van der Waals surface area (Å²) in [4.78, 5) is 39.2. The molecule has 2 amide bonds. The van der Waals surface area contributed by atoms with Gasteiger partial charge in [0.1, 0.15) is 0 Å². The van der Waals surface area contributed by atoms with E-state index in [0.29, 0.717) is 38.6 Å². The maximum absolute atomic E-state index is 12.2. The fraction of sp³-hybridized carbons (Fsp3) is 0.357. The zero-order valence-corrected chi connectivity index (χ0v) is 22.2. The number of anilines is 4. The number of hydrogen-bond donors (Lipinski definition) is 2. The monoisotopic (exact) mass is 517 g/mol. The number of carbonyl (C=O) groups excluding carboxylic acids is 2. The summed E-state index contributed by atoms with van der Waals surface area (Å²) < 4.78 is 5.02. The molecule has 10 heteroatoms. The van der Waals surface area contributed by atoms with E-state index < -0.39 is 0 Å². The minimum absolute atomic E-state index is 0.0578. The zero-order valence-electron chi connectivity index (χ0n) is 22.2. The first-order valence-electron chi connectivity index (χ1n) is 12.7. The highest BCUT2D eigenvalue weighted by atomic mass is 16.5. The zero-order chi connectivity index (χ0) is 26.9. The van der Waals surface area contributed by atoms with Crippen LogP contribution in [0, 0.1) is 0 Å². The number of piperazine rings is 1. The average Bonchev–Trinajstić information content (AvgIpc) is 2.92. The number of benzene rings is 2. The molecule has 1 fully saturated rings. The van der Waals surface area contributed by atoms with Gasteiger partial charge in [0.15, 0.2) is 0 Å². The van der Waals surface area contributed by atoms with Crippen molar-refractivity contribution < 1.29 is 14.3 Å². The standard InChI is InChI=1S/C28H35N7O3/c1-33(2)20-26(36)30-22-6-4-21(5-7-22)25-12-14-29-28(32-25)31-23-8-10-24(11-9-23)34-15-17-35(18-16-34)27(37)13-19-38-3/h4-12,14H,13,15-20H2,1-3H3,(H,30,36)(H,29,31,32). The van der Waals surface area contributed by atoms with Gasteiger partial charge in [-0.1, -0.05) is 12.1 Å². The number of aromatic nitrogens is 2. The average molecular weight is 518 g/mol. The quantitative estimate of drug-likeness (QED) is 0.423. The fourth-order valence-corrected chi connectivity index (χ4v) is 4.24. The molecule has 0 radical (unpaired) electrons. The predicted octanol–water partition coefficient (Wildman–Crippen LogP) is 3.07. The van der Waals surface area contributed by atoms with Crippen LogP contribution in [0.4, 0.5) is 23.0 Å². The number of hydrogen-bond acceptors (Lipinski definition) is 8. The van der Waals surface area contributed by atoms with Crippen molar-refractivity contribution in [2.24, 2.45) is 0 Å². The minimum atomic E-state index is -0.0578. The Morgan fingerprint density at radius 3 is 2.29 bits per heavy atom. The molecule has 0 atom stereocenters. The first-order valence-corrected chi connectivity index (χ1v) is 12.7. The van der Waals surface area contributed by atoms with Gasteiger partial charge in [-0.15, -0.1) is 0 Å². The maximum Gasteiger partial charge on any atom is 0.238 e. The van der Waals surface area contributed by atoms with E-state index >= 15 is 0 Å². The Hall–Kier alpha value is -4.02. The van der Waals surface area contributed by atoms with Crippen molar-refractivity contribution in [1.82, 2.24) is 19.8 Å². The molecule has 2 aromatic carbocycles. The number of rotatable bonds is 10. The molecule has 1 aromatic heterocycles. The van der Waals surface area contributed by atoms with E-state index in [9.17, 15) is 9.59 Å². The van der Waals surface area contributed by atoms with Gasteiger partial charge in [0.2, 0.25) is 17.8 Å². The van der Waals surface area contributed by atoms with Crippen molar-refractivity contribution in [3.63, 3.8) is 0 Å². The molecular formula is C28H35N7O3. The molecule has 3 aromatic rings. The van der Waals surface area contributed by atoms with Crippen LogP contribution in [0.1, 0.15) is 6.42 Å². The van der Waals surface area contributed by atoms with Crippen LogP contribution in [-0.2, 0) is 14.3 Å². The number of amides is 2. The van der Waals surface area contributed by atoms with E-state index in [0.717, 1.165) is 41.4 Å². The van der Waals surface area contributed by atoms with E-state index in [1.54, 1.807) is 13.3 Å². The van der Waals surface area contributed by atoms with E-state index in [1.165, 1.54) is 0 Å². The maximum atomic E-state index is 12.2. The largest absolute Gasteiger partial charge is 0.384 e. The lowest BCUT2D eigenvalue weighted by atomic mass is 10.1. The minimum Gasteiger partial charge on any atom is -0.384 e. The normalized spacial score (nSPS) is 13.5. The van der Waals surface area contributed by atoms with Crippen molar-refractivity contribution >= 4 is 34.8 Å². The molecular weight excluding hydrogens is 482 g/mol. The third-order valence-corrected chi connectivity index (χ3v) is 6.22. The molecule has 0 unspecified atom stereocenters. The van der Waals surface area contributed by atoms with Gasteiger partial charge in [-0.3, -0.25) is 9.59 Å². The highest BCUT2D eigenvalue weighted by Gasteiger charge is 2.21. The molecule has 0 aliphatic carbocycles. The lowest BCUT2D eigenvalue weighted by Crippen LogP contribution is -2.49. The van der Waals surface area contributed by atoms with Crippen LogP contribution in [0.2, 0.25) is 0 Å². The number of ether oxygens (including phenoxy) is 1. The fourth-order valence-electron chi connectivity index (χ4n) is 4.24. The van der Waals surface area contributed by atoms with Crippen molar-refractivity contribution in [3.05, 3.63) is 60.8 Å². The van der Waals surface area contributed by atoms with Crippen LogP contribution < -0.4 is 15.5 Å². The van der Waals surface area contributed by atoms with E-state index in [2.05, 4.69) is 37.6 Å². The van der Waals surface area contributed by atoms with Crippen molar-refractivity contribution in [1.29, 1.82) is 0 Å². The highest BCUT2D eigenvalue weighted by Crippen LogP contribution is 2.24. The topological polar surface area (TPSA) is 103 Å². The van der Waals surface area contributed by atoms with Crippen LogP contribution in [0.25, 0.3) is 11.3 Å². The van der Waals surface area contributed by atoms with E-state index in [1.807, 2.05) is 66.4 Å². The first-order chi connectivity index (χ1) is 18.4. The Bertz CT molecular complexity index is 1210. The van der Waals surface area contributed by atoms with Crippen molar-refractivity contribution in [2.75, 3.05) is 76.1 Å². The summed E-state index contributed by atoms with van der Waals surface area (Å²) in [6.45, 7) is 3.82. The third-order valence-electron chi connectivity index (χ3n) is 6.22. The van der Waals surface area contributed by atoms with Crippen LogP contribution in [0.3, 0.4) is 0 Å². The molecule has 1 saturated heterocycles. The second-order valence-corrected chi connectivity index (χ2v) is 9.41. The van der Waals surface area contributed by atoms with Crippen LogP contribution in [0.5, 0.6) is 0 Å². The summed E-state index contributed by atoms with van der Waals surface area (Å²) >= 11 is 0. The third kappa shape index (κ3) is 7.50. The summed E-state index contributed by atoms with van der Waals surface area (Å²) in [7, 11) is 5.33. The molecule has 10 nitrogen and oxygen atoms in total. The molecule has 200 valence electrons. The molecule has 38 heavy (non-hydrogen) atoms. The molecule has 0 bridgehead atoms. The van der Waals surface area contributed by atoms with Crippen LogP contribution >= 0.6 is 0 Å². The molecule has 1 aliphatic heterocycles. The van der Waals surface area contributed by atoms with E-state index in [-0.39, 0.29) is 11.8 Å². The molecule has 0 spiro atoms. The summed E-state index contributed by atoms with van der Waals surface area (Å²) in [5.41, 5.74) is 4.46. The Labute approximate surface area is 223 Å². The summed E-state index contributed by atoms with van der Waals surface area (Å²) in [6.07, 6.45) is 2.15. The summed E-state index contributed by atoms with van der Waals surface area (Å²) in [5.74, 6) is 0.593. The van der Waals surface area contributed by atoms with Gasteiger partial charge >= 0.3 is 0 Å². The van der Waals surface area contributed by atoms with Gasteiger partial charge in [-0.05, 0) is 56.6 Å². The van der Waals surface area contributed by atoms with Gasteiger partial charge in [0.25, 0.3) is 0 Å². The van der Waals surface area contributed by atoms with Crippen molar-refractivity contribution in [3.8, 4) is 11.3 Å².